The van der Waals surface area contributed by atoms with Crippen molar-refractivity contribution in [1.82, 2.24) is 5.32 Å². The van der Waals surface area contributed by atoms with E-state index in [2.05, 4.69) is 5.32 Å². The van der Waals surface area contributed by atoms with Gasteiger partial charge in [0.2, 0.25) is 5.91 Å². The van der Waals surface area contributed by atoms with Gasteiger partial charge in [-0.15, -0.1) is 0 Å². The predicted molar refractivity (Wildman–Crippen MR) is 90.4 cm³/mol. The van der Waals surface area contributed by atoms with E-state index in [0.29, 0.717) is 12.0 Å². The van der Waals surface area contributed by atoms with E-state index in [0.717, 1.165) is 5.56 Å². The Kier molecular flexibility index (Phi) is 6.03. The molecule has 0 heterocycles. The lowest BCUT2D eigenvalue weighted by Gasteiger charge is -2.18. The van der Waals surface area contributed by atoms with Gasteiger partial charge in [-0.2, -0.15) is 0 Å². The number of nitro benzene ring substituents is 1. The monoisotopic (exact) mass is 328 g/mol. The summed E-state index contributed by atoms with van der Waals surface area (Å²) in [7, 11) is 0. The molecule has 24 heavy (non-hydrogen) atoms. The molecule has 2 rings (SSSR count). The molecule has 0 saturated heterocycles. The van der Waals surface area contributed by atoms with Crippen molar-refractivity contribution in [2.24, 2.45) is 0 Å². The van der Waals surface area contributed by atoms with Gasteiger partial charge in [-0.1, -0.05) is 42.5 Å². The second kappa shape index (κ2) is 8.21. The van der Waals surface area contributed by atoms with E-state index in [1.165, 1.54) is 12.1 Å². The molecular weight excluding hydrogens is 308 g/mol. The summed E-state index contributed by atoms with van der Waals surface area (Å²) < 4.78 is 0. The van der Waals surface area contributed by atoms with Gasteiger partial charge < -0.3 is 10.4 Å². The highest BCUT2D eigenvalue weighted by atomic mass is 16.6. The zero-order valence-corrected chi connectivity index (χ0v) is 13.4. The second-order valence-electron chi connectivity index (χ2n) is 5.73. The Morgan fingerprint density at radius 3 is 2.58 bits per heavy atom. The Balaban J connectivity index is 1.87. The topological polar surface area (TPSA) is 92.5 Å². The molecule has 1 amide bonds. The number of nitro groups is 1. The van der Waals surface area contributed by atoms with Crippen LogP contribution in [0.3, 0.4) is 0 Å². The summed E-state index contributed by atoms with van der Waals surface area (Å²) in [4.78, 5) is 22.3. The highest BCUT2D eigenvalue weighted by molar-refractivity contribution is 5.79. The molecule has 2 aromatic carbocycles. The van der Waals surface area contributed by atoms with E-state index in [9.17, 15) is 20.0 Å². The van der Waals surface area contributed by atoms with Gasteiger partial charge >= 0.3 is 0 Å². The van der Waals surface area contributed by atoms with Gasteiger partial charge in [-0.3, -0.25) is 14.9 Å². The smallest absolute Gasteiger partial charge is 0.269 e. The third-order valence-corrected chi connectivity index (χ3v) is 3.65. The number of non-ortho nitro benzene ring substituents is 1. The molecule has 2 N–H and O–H groups in total. The Hall–Kier alpha value is -2.73. The van der Waals surface area contributed by atoms with Gasteiger partial charge in [0, 0.05) is 18.2 Å². The van der Waals surface area contributed by atoms with Crippen molar-refractivity contribution >= 4 is 11.6 Å². The minimum atomic E-state index is -0.653. The molecule has 2 aromatic rings. The van der Waals surface area contributed by atoms with Crippen molar-refractivity contribution < 1.29 is 14.8 Å². The van der Waals surface area contributed by atoms with Crippen LogP contribution in [0.1, 0.15) is 30.6 Å². The van der Waals surface area contributed by atoms with Crippen molar-refractivity contribution in [2.75, 3.05) is 0 Å². The van der Waals surface area contributed by atoms with Crippen LogP contribution in [0.5, 0.6) is 0 Å². The first kappa shape index (κ1) is 17.6. The van der Waals surface area contributed by atoms with Crippen LogP contribution in [0.15, 0.2) is 54.6 Å². The van der Waals surface area contributed by atoms with E-state index >= 15 is 0 Å². The van der Waals surface area contributed by atoms with Gasteiger partial charge in [-0.05, 0) is 24.5 Å². The fourth-order valence-electron chi connectivity index (χ4n) is 2.50. The maximum atomic E-state index is 12.1. The molecule has 2 unspecified atom stereocenters. The fourth-order valence-corrected chi connectivity index (χ4v) is 2.50. The number of nitrogens with one attached hydrogen (secondary N) is 1. The van der Waals surface area contributed by atoms with E-state index < -0.39 is 11.0 Å². The number of aliphatic hydroxyl groups excluding tert-OH is 1. The van der Waals surface area contributed by atoms with E-state index in [4.69, 9.17) is 0 Å². The molecule has 0 spiro atoms. The van der Waals surface area contributed by atoms with Gasteiger partial charge in [0.05, 0.1) is 17.4 Å². The Labute approximate surface area is 140 Å². The van der Waals surface area contributed by atoms with Crippen molar-refractivity contribution in [3.05, 3.63) is 75.8 Å². The summed E-state index contributed by atoms with van der Waals surface area (Å²) in [5.41, 5.74) is 1.35. The zero-order valence-electron chi connectivity index (χ0n) is 13.4. The standard InChI is InChI=1S/C18H20N2O4/c1-13(10-17(21)15-7-3-2-4-8-15)19-18(22)12-14-6-5-9-16(11-14)20(23)24/h2-9,11,13,17,21H,10,12H2,1H3,(H,19,22). The maximum absolute atomic E-state index is 12.1. The molecule has 6 nitrogen and oxygen atoms in total. The summed E-state index contributed by atoms with van der Waals surface area (Å²) in [5, 5.41) is 23.7. The number of hydrogen-bond acceptors (Lipinski definition) is 4. The molecule has 0 fully saturated rings. The maximum Gasteiger partial charge on any atom is 0.269 e. The summed E-state index contributed by atoms with van der Waals surface area (Å²) >= 11 is 0. The first-order valence-corrected chi connectivity index (χ1v) is 7.71. The summed E-state index contributed by atoms with van der Waals surface area (Å²) in [6.07, 6.45) is -0.197. The lowest BCUT2D eigenvalue weighted by molar-refractivity contribution is -0.384. The first-order valence-electron chi connectivity index (χ1n) is 7.71. The van der Waals surface area contributed by atoms with Crippen LogP contribution in [0, 0.1) is 10.1 Å². The molecule has 0 bridgehead atoms. The quantitative estimate of drug-likeness (QED) is 0.604. The van der Waals surface area contributed by atoms with Crippen molar-refractivity contribution in [2.45, 2.75) is 31.9 Å². The average molecular weight is 328 g/mol. The SMILES string of the molecule is CC(CC(O)c1ccccc1)NC(=O)Cc1cccc([N+](=O)[O-])c1. The van der Waals surface area contributed by atoms with E-state index in [1.54, 1.807) is 12.1 Å². The van der Waals surface area contributed by atoms with Gasteiger partial charge in [0.1, 0.15) is 0 Å². The highest BCUT2D eigenvalue weighted by Gasteiger charge is 2.15. The lowest BCUT2D eigenvalue weighted by atomic mass is 10.0. The number of carbonyl (C=O) groups excluding carboxylic acids is 1. The third-order valence-electron chi connectivity index (χ3n) is 3.65. The number of benzene rings is 2. The Morgan fingerprint density at radius 2 is 1.92 bits per heavy atom. The largest absolute Gasteiger partial charge is 0.388 e. The molecule has 0 radical (unpaired) electrons. The van der Waals surface area contributed by atoms with Crippen molar-refractivity contribution in [3.8, 4) is 0 Å². The van der Waals surface area contributed by atoms with E-state index in [1.807, 2.05) is 37.3 Å². The summed E-state index contributed by atoms with van der Waals surface area (Å²) in [5.74, 6) is -0.233. The third kappa shape index (κ3) is 5.17. The molecule has 0 aromatic heterocycles. The number of aliphatic hydroxyl groups is 1. The minimum absolute atomic E-state index is 0.0344. The molecule has 0 aliphatic carbocycles. The second-order valence-corrected chi connectivity index (χ2v) is 5.73. The average Bonchev–Trinajstić information content (AvgIpc) is 2.55. The van der Waals surface area contributed by atoms with Crippen LogP contribution in [0.2, 0.25) is 0 Å². The van der Waals surface area contributed by atoms with Crippen LogP contribution in [0.25, 0.3) is 0 Å². The van der Waals surface area contributed by atoms with Crippen LogP contribution >= 0.6 is 0 Å². The van der Waals surface area contributed by atoms with Gasteiger partial charge in [0.25, 0.3) is 5.69 Å². The minimum Gasteiger partial charge on any atom is -0.388 e. The summed E-state index contributed by atoms with van der Waals surface area (Å²) in [6.45, 7) is 1.82. The number of nitrogens with zero attached hydrogens (tertiary/aromatic N) is 1. The Morgan fingerprint density at radius 1 is 1.21 bits per heavy atom. The molecule has 6 heteroatoms. The summed E-state index contributed by atoms with van der Waals surface area (Å²) in [6, 6.07) is 15.0. The highest BCUT2D eigenvalue weighted by Crippen LogP contribution is 2.18. The zero-order chi connectivity index (χ0) is 17.5. The predicted octanol–water partition coefficient (Wildman–Crippen LogP) is 2.77. The van der Waals surface area contributed by atoms with Crippen LogP contribution < -0.4 is 5.32 Å². The molecule has 0 aliphatic heterocycles. The normalized spacial score (nSPS) is 13.1. The van der Waals surface area contributed by atoms with E-state index in [-0.39, 0.29) is 24.1 Å². The molecule has 126 valence electrons. The lowest BCUT2D eigenvalue weighted by Crippen LogP contribution is -2.34. The van der Waals surface area contributed by atoms with Gasteiger partial charge in [0.15, 0.2) is 0 Å². The Bertz CT molecular complexity index is 703. The molecule has 0 saturated carbocycles. The van der Waals surface area contributed by atoms with Crippen molar-refractivity contribution in [1.29, 1.82) is 0 Å². The number of amides is 1. The fraction of sp³-hybridized carbons (Fsp3) is 0.278. The van der Waals surface area contributed by atoms with Crippen LogP contribution in [-0.2, 0) is 11.2 Å². The number of hydrogen-bond donors (Lipinski definition) is 2. The molecular formula is C18H20N2O4. The number of rotatable bonds is 7. The molecule has 2 atom stereocenters. The van der Waals surface area contributed by atoms with Gasteiger partial charge in [-0.25, -0.2) is 0 Å². The van der Waals surface area contributed by atoms with Crippen LogP contribution in [0.4, 0.5) is 5.69 Å². The van der Waals surface area contributed by atoms with Crippen LogP contribution in [-0.4, -0.2) is 22.0 Å². The number of carbonyl (C=O) groups is 1. The molecule has 0 aliphatic rings. The first-order chi connectivity index (χ1) is 11.5. The van der Waals surface area contributed by atoms with Crippen molar-refractivity contribution in [3.63, 3.8) is 0 Å².